The molecule has 24 heavy (non-hydrogen) atoms. The molecule has 0 bridgehead atoms. The molecule has 2 rings (SSSR count). The Morgan fingerprint density at radius 2 is 1.88 bits per heavy atom. The molecule has 1 unspecified atom stereocenters. The Hall–Kier alpha value is -2.26. The Balaban J connectivity index is 2.39. The molecule has 1 aromatic heterocycles. The number of carboxylic acids is 1. The number of aromatic nitrogens is 1. The van der Waals surface area contributed by atoms with Gasteiger partial charge in [-0.15, -0.1) is 0 Å². The molecule has 0 saturated carbocycles. The molecule has 1 atom stereocenters. The Morgan fingerprint density at radius 3 is 2.38 bits per heavy atom. The van der Waals surface area contributed by atoms with E-state index < -0.39 is 33.7 Å². The van der Waals surface area contributed by atoms with Crippen LogP contribution in [-0.2, 0) is 17.1 Å². The van der Waals surface area contributed by atoms with Crippen molar-refractivity contribution in [3.63, 3.8) is 0 Å². The number of sulfonamides is 1. The molecule has 0 amide bonds. The van der Waals surface area contributed by atoms with Crippen LogP contribution >= 0.6 is 0 Å². The van der Waals surface area contributed by atoms with Gasteiger partial charge < -0.3 is 9.67 Å². The molecule has 6 nitrogen and oxygen atoms in total. The molecule has 0 aliphatic carbocycles. The molecule has 1 heterocycles. The average molecular weight is 358 g/mol. The zero-order valence-electron chi connectivity index (χ0n) is 13.2. The van der Waals surface area contributed by atoms with Crippen molar-refractivity contribution in [1.82, 2.24) is 8.87 Å². The topological polar surface area (TPSA) is 79.6 Å². The molecule has 0 aliphatic heterocycles. The number of hydrogen-bond donors (Lipinski definition) is 1. The van der Waals surface area contributed by atoms with Crippen LogP contribution in [0.2, 0.25) is 0 Å². The monoisotopic (exact) mass is 358 g/mol. The lowest BCUT2D eigenvalue weighted by molar-refractivity contribution is 0.0686. The summed E-state index contributed by atoms with van der Waals surface area (Å²) in [6.07, 6.45) is 1.19. The number of halogens is 2. The second-order valence-corrected chi connectivity index (χ2v) is 7.35. The second-order valence-electron chi connectivity index (χ2n) is 5.35. The van der Waals surface area contributed by atoms with Crippen molar-refractivity contribution in [1.29, 1.82) is 0 Å². The van der Waals surface area contributed by atoms with Gasteiger partial charge in [0.05, 0.1) is 0 Å². The van der Waals surface area contributed by atoms with Crippen molar-refractivity contribution in [2.45, 2.75) is 17.9 Å². The molecule has 1 N–H and O–H groups in total. The maximum Gasteiger partial charge on any atom is 0.352 e. The van der Waals surface area contributed by atoms with Crippen LogP contribution in [-0.4, -0.2) is 35.4 Å². The van der Waals surface area contributed by atoms with Crippen molar-refractivity contribution in [3.05, 3.63) is 53.4 Å². The number of hydrogen-bond acceptors (Lipinski definition) is 3. The van der Waals surface area contributed by atoms with E-state index >= 15 is 0 Å². The van der Waals surface area contributed by atoms with Crippen molar-refractivity contribution in [2.75, 3.05) is 7.05 Å². The lowest BCUT2D eigenvalue weighted by Gasteiger charge is -2.24. The summed E-state index contributed by atoms with van der Waals surface area (Å²) < 4.78 is 53.8. The van der Waals surface area contributed by atoms with Gasteiger partial charge in [0, 0.05) is 26.3 Å². The summed E-state index contributed by atoms with van der Waals surface area (Å²) in [6, 6.07) is 3.42. The third-order valence-corrected chi connectivity index (χ3v) is 5.74. The van der Waals surface area contributed by atoms with E-state index in [0.717, 1.165) is 22.5 Å². The Morgan fingerprint density at radius 1 is 1.25 bits per heavy atom. The van der Waals surface area contributed by atoms with Crippen LogP contribution in [0, 0.1) is 11.6 Å². The van der Waals surface area contributed by atoms with Crippen LogP contribution in [0.5, 0.6) is 0 Å². The van der Waals surface area contributed by atoms with E-state index in [2.05, 4.69) is 0 Å². The normalized spacial score (nSPS) is 13.2. The van der Waals surface area contributed by atoms with E-state index in [9.17, 15) is 22.0 Å². The number of carbonyl (C=O) groups is 1. The summed E-state index contributed by atoms with van der Waals surface area (Å²) in [5, 5.41) is 9.02. The van der Waals surface area contributed by atoms with E-state index in [-0.39, 0.29) is 16.2 Å². The van der Waals surface area contributed by atoms with Crippen LogP contribution in [0.25, 0.3) is 0 Å². The predicted octanol–water partition coefficient (Wildman–Crippen LogP) is 2.38. The maximum atomic E-state index is 13.4. The minimum Gasteiger partial charge on any atom is -0.477 e. The molecule has 1 aromatic carbocycles. The van der Waals surface area contributed by atoms with Gasteiger partial charge in [-0.05, 0) is 30.7 Å². The average Bonchev–Trinajstić information content (AvgIpc) is 2.91. The highest BCUT2D eigenvalue weighted by Crippen LogP contribution is 2.27. The molecule has 0 saturated heterocycles. The Labute approximate surface area is 138 Å². The van der Waals surface area contributed by atoms with Gasteiger partial charge in [0.15, 0.2) is 11.6 Å². The highest BCUT2D eigenvalue weighted by molar-refractivity contribution is 7.89. The van der Waals surface area contributed by atoms with Gasteiger partial charge in [-0.1, -0.05) is 6.07 Å². The molecule has 9 heteroatoms. The fourth-order valence-corrected chi connectivity index (χ4v) is 3.67. The molecule has 0 radical (unpaired) electrons. The van der Waals surface area contributed by atoms with E-state index in [1.54, 1.807) is 0 Å². The number of carboxylic acid groups (broad SMARTS) is 1. The van der Waals surface area contributed by atoms with Crippen LogP contribution in [0.1, 0.15) is 29.0 Å². The Bertz CT molecular complexity index is 893. The third kappa shape index (κ3) is 3.17. The van der Waals surface area contributed by atoms with Crippen molar-refractivity contribution in [3.8, 4) is 0 Å². The smallest absolute Gasteiger partial charge is 0.352 e. The first kappa shape index (κ1) is 18.1. The quantitative estimate of drug-likeness (QED) is 0.890. The zero-order chi connectivity index (χ0) is 18.2. The van der Waals surface area contributed by atoms with E-state index in [1.165, 1.54) is 37.8 Å². The van der Waals surface area contributed by atoms with E-state index in [0.29, 0.717) is 0 Å². The summed E-state index contributed by atoms with van der Waals surface area (Å²) in [5.41, 5.74) is 0.0943. The fourth-order valence-electron chi connectivity index (χ4n) is 2.24. The minimum atomic E-state index is -4.01. The van der Waals surface area contributed by atoms with Crippen molar-refractivity contribution < 1.29 is 27.1 Å². The molecule has 0 aliphatic rings. The van der Waals surface area contributed by atoms with Gasteiger partial charge >= 0.3 is 5.97 Å². The van der Waals surface area contributed by atoms with Crippen molar-refractivity contribution in [2.24, 2.45) is 7.05 Å². The molecule has 0 spiro atoms. The van der Waals surface area contributed by atoms with Gasteiger partial charge in [0.2, 0.25) is 10.0 Å². The lowest BCUT2D eigenvalue weighted by atomic mass is 10.1. The van der Waals surface area contributed by atoms with Gasteiger partial charge in [-0.2, -0.15) is 4.31 Å². The van der Waals surface area contributed by atoms with Crippen LogP contribution in [0.15, 0.2) is 35.4 Å². The van der Waals surface area contributed by atoms with Crippen molar-refractivity contribution >= 4 is 16.0 Å². The first-order valence-electron chi connectivity index (χ1n) is 6.88. The minimum absolute atomic E-state index is 0.178. The highest BCUT2D eigenvalue weighted by atomic mass is 32.2. The summed E-state index contributed by atoms with van der Waals surface area (Å²) in [6.45, 7) is 1.52. The van der Waals surface area contributed by atoms with Gasteiger partial charge in [-0.3, -0.25) is 0 Å². The first-order valence-corrected chi connectivity index (χ1v) is 8.32. The van der Waals surface area contributed by atoms with E-state index in [4.69, 9.17) is 5.11 Å². The SMILES string of the molecule is CC(c1ccc(F)c(F)c1)N(C)S(=O)(=O)c1cc(C(=O)O)n(C)c1. The molecule has 2 aromatic rings. The molecule has 130 valence electrons. The summed E-state index contributed by atoms with van der Waals surface area (Å²) in [7, 11) is -1.31. The summed E-state index contributed by atoms with van der Waals surface area (Å²) in [4.78, 5) is 10.9. The fraction of sp³-hybridized carbons (Fsp3) is 0.267. The van der Waals surface area contributed by atoms with Crippen LogP contribution < -0.4 is 0 Å². The largest absolute Gasteiger partial charge is 0.477 e. The van der Waals surface area contributed by atoms with Gasteiger partial charge in [-0.25, -0.2) is 22.0 Å². The standard InChI is InChI=1S/C15H16F2N2O4S/c1-9(10-4-5-12(16)13(17)6-10)19(3)24(22,23)11-7-14(15(20)21)18(2)8-11/h4-9H,1-3H3,(H,20,21). The maximum absolute atomic E-state index is 13.4. The number of aryl methyl sites for hydroxylation is 1. The summed E-state index contributed by atoms with van der Waals surface area (Å²) >= 11 is 0. The van der Waals surface area contributed by atoms with Gasteiger partial charge in [0.25, 0.3) is 0 Å². The lowest BCUT2D eigenvalue weighted by Crippen LogP contribution is -2.29. The molecule has 0 fully saturated rings. The Kier molecular flexibility index (Phi) is 4.77. The second kappa shape index (κ2) is 6.33. The number of rotatable bonds is 5. The first-order chi connectivity index (χ1) is 11.1. The molecular weight excluding hydrogens is 342 g/mol. The van der Waals surface area contributed by atoms with Crippen LogP contribution in [0.4, 0.5) is 8.78 Å². The predicted molar refractivity (Wildman–Crippen MR) is 82.1 cm³/mol. The summed E-state index contributed by atoms with van der Waals surface area (Å²) in [5.74, 6) is -3.35. The van der Waals surface area contributed by atoms with Gasteiger partial charge in [0.1, 0.15) is 10.6 Å². The third-order valence-electron chi connectivity index (χ3n) is 3.85. The number of aromatic carboxylic acids is 1. The molecular formula is C15H16F2N2O4S. The van der Waals surface area contributed by atoms with E-state index in [1.807, 2.05) is 0 Å². The van der Waals surface area contributed by atoms with Crippen LogP contribution in [0.3, 0.4) is 0 Å². The number of benzene rings is 1. The number of nitrogens with zero attached hydrogens (tertiary/aromatic N) is 2. The zero-order valence-corrected chi connectivity index (χ0v) is 14.0. The highest BCUT2D eigenvalue weighted by Gasteiger charge is 2.29.